The number of rotatable bonds is 9. The minimum absolute atomic E-state index is 0.209. The van der Waals surface area contributed by atoms with Crippen LogP contribution in [0.3, 0.4) is 0 Å². The zero-order chi connectivity index (χ0) is 15.0. The highest BCUT2D eigenvalue weighted by Gasteiger charge is 2.10. The molecule has 0 radical (unpaired) electrons. The van der Waals surface area contributed by atoms with E-state index in [9.17, 15) is 10.2 Å². The van der Waals surface area contributed by atoms with Gasteiger partial charge in [-0.3, -0.25) is 0 Å². The van der Waals surface area contributed by atoms with E-state index in [-0.39, 0.29) is 12.5 Å². The van der Waals surface area contributed by atoms with Gasteiger partial charge in [-0.15, -0.1) is 0 Å². The minimum atomic E-state index is -0.582. The van der Waals surface area contributed by atoms with E-state index < -0.39 is 12.2 Å². The maximum absolute atomic E-state index is 9.73. The van der Waals surface area contributed by atoms with Crippen molar-refractivity contribution in [3.63, 3.8) is 0 Å². The number of nitrogens with one attached hydrogen (secondary N) is 1. The number of hydrogen-bond acceptors (Lipinski definition) is 4. The lowest BCUT2D eigenvalue weighted by molar-refractivity contribution is 0.0264. The average Bonchev–Trinajstić information content (AvgIpc) is 2.40. The van der Waals surface area contributed by atoms with E-state index in [1.165, 1.54) is 0 Å². The number of benzene rings is 1. The van der Waals surface area contributed by atoms with Crippen molar-refractivity contribution in [2.75, 3.05) is 19.7 Å². The van der Waals surface area contributed by atoms with Crippen molar-refractivity contribution in [1.29, 1.82) is 0 Å². The molecule has 0 heterocycles. The van der Waals surface area contributed by atoms with Crippen LogP contribution in [-0.4, -0.2) is 42.1 Å². The monoisotopic (exact) mass is 301 g/mol. The van der Waals surface area contributed by atoms with Crippen LogP contribution < -0.4 is 5.32 Å². The Labute approximate surface area is 125 Å². The first-order chi connectivity index (χ1) is 9.49. The van der Waals surface area contributed by atoms with E-state index in [0.717, 1.165) is 5.56 Å². The highest BCUT2D eigenvalue weighted by Crippen LogP contribution is 2.10. The van der Waals surface area contributed by atoms with E-state index >= 15 is 0 Å². The molecule has 0 amide bonds. The Morgan fingerprint density at radius 3 is 2.40 bits per heavy atom. The van der Waals surface area contributed by atoms with E-state index in [1.807, 2.05) is 38.1 Å². The van der Waals surface area contributed by atoms with Gasteiger partial charge in [-0.1, -0.05) is 37.6 Å². The first-order valence-corrected chi connectivity index (χ1v) is 7.26. The Morgan fingerprint density at radius 1 is 1.15 bits per heavy atom. The van der Waals surface area contributed by atoms with Gasteiger partial charge in [0.15, 0.2) is 0 Å². The molecule has 114 valence electrons. The van der Waals surface area contributed by atoms with Gasteiger partial charge in [-0.2, -0.15) is 0 Å². The van der Waals surface area contributed by atoms with Crippen LogP contribution in [0.5, 0.6) is 0 Å². The van der Waals surface area contributed by atoms with Gasteiger partial charge in [0.25, 0.3) is 0 Å². The maximum atomic E-state index is 9.73. The van der Waals surface area contributed by atoms with Gasteiger partial charge in [0.05, 0.1) is 25.4 Å². The Hall–Kier alpha value is -0.650. The number of ether oxygens (including phenoxy) is 1. The summed E-state index contributed by atoms with van der Waals surface area (Å²) in [5.74, 6) is 0.209. The van der Waals surface area contributed by atoms with Gasteiger partial charge in [0.1, 0.15) is 0 Å². The summed E-state index contributed by atoms with van der Waals surface area (Å²) in [6, 6.07) is 7.41. The number of aliphatic hydroxyl groups is 2. The molecule has 4 nitrogen and oxygen atoms in total. The lowest BCUT2D eigenvalue weighted by atomic mass is 10.1. The summed E-state index contributed by atoms with van der Waals surface area (Å²) >= 11 is 5.79. The molecular weight excluding hydrogens is 278 g/mol. The van der Waals surface area contributed by atoms with Gasteiger partial charge in [0.2, 0.25) is 0 Å². The first-order valence-electron chi connectivity index (χ1n) is 6.88. The summed E-state index contributed by atoms with van der Waals surface area (Å²) in [7, 11) is 0. The van der Waals surface area contributed by atoms with Crippen LogP contribution in [0.4, 0.5) is 0 Å². The summed E-state index contributed by atoms with van der Waals surface area (Å²) in [4.78, 5) is 0. The average molecular weight is 302 g/mol. The van der Waals surface area contributed by atoms with Gasteiger partial charge < -0.3 is 20.3 Å². The summed E-state index contributed by atoms with van der Waals surface area (Å²) in [6.07, 6.45) is -0.973. The molecule has 0 aliphatic rings. The quantitative estimate of drug-likeness (QED) is 0.651. The molecule has 20 heavy (non-hydrogen) atoms. The fourth-order valence-electron chi connectivity index (χ4n) is 1.59. The first kappa shape index (κ1) is 17.4. The molecule has 0 aliphatic heterocycles. The fourth-order valence-corrected chi connectivity index (χ4v) is 1.71. The van der Waals surface area contributed by atoms with Gasteiger partial charge in [-0.05, 0) is 23.6 Å². The van der Waals surface area contributed by atoms with E-state index in [4.69, 9.17) is 16.3 Å². The summed E-state index contributed by atoms with van der Waals surface area (Å²) in [5, 5.41) is 23.1. The second kappa shape index (κ2) is 9.32. The Morgan fingerprint density at radius 2 is 1.80 bits per heavy atom. The smallest absolute Gasteiger partial charge is 0.0897 e. The summed E-state index contributed by atoms with van der Waals surface area (Å²) in [6.45, 7) is 5.50. The van der Waals surface area contributed by atoms with Crippen molar-refractivity contribution in [3.8, 4) is 0 Å². The van der Waals surface area contributed by atoms with Crippen molar-refractivity contribution in [3.05, 3.63) is 34.9 Å². The van der Waals surface area contributed by atoms with Crippen LogP contribution in [-0.2, 0) is 11.3 Å². The SMILES string of the molecule is CC(C)C(O)CNCC(O)COCc1ccc(Cl)cc1. The van der Waals surface area contributed by atoms with Crippen LogP contribution in [0.15, 0.2) is 24.3 Å². The second-order valence-electron chi connectivity index (χ2n) is 5.27. The third-order valence-electron chi connectivity index (χ3n) is 3.00. The standard InChI is InChI=1S/C15H24ClNO3/c1-11(2)15(19)8-17-7-14(18)10-20-9-12-3-5-13(16)6-4-12/h3-6,11,14-15,17-19H,7-10H2,1-2H3. The molecule has 0 fully saturated rings. The fraction of sp³-hybridized carbons (Fsp3) is 0.600. The van der Waals surface area contributed by atoms with Crippen molar-refractivity contribution in [2.24, 2.45) is 5.92 Å². The van der Waals surface area contributed by atoms with Crippen LogP contribution in [0.1, 0.15) is 19.4 Å². The van der Waals surface area contributed by atoms with Crippen molar-refractivity contribution >= 4 is 11.6 Å². The Balaban J connectivity index is 2.11. The van der Waals surface area contributed by atoms with Gasteiger partial charge in [0, 0.05) is 18.1 Å². The third kappa shape index (κ3) is 7.22. The molecule has 0 saturated heterocycles. The molecular formula is C15H24ClNO3. The zero-order valence-electron chi connectivity index (χ0n) is 12.1. The second-order valence-corrected chi connectivity index (χ2v) is 5.70. The molecule has 0 bridgehead atoms. The highest BCUT2D eigenvalue weighted by atomic mass is 35.5. The summed E-state index contributed by atoms with van der Waals surface area (Å²) in [5.41, 5.74) is 1.02. The molecule has 3 N–H and O–H groups in total. The molecule has 0 aliphatic carbocycles. The number of halogens is 1. The van der Waals surface area contributed by atoms with E-state index in [2.05, 4.69) is 5.32 Å². The van der Waals surface area contributed by atoms with E-state index in [0.29, 0.717) is 24.7 Å². The lowest BCUT2D eigenvalue weighted by Crippen LogP contribution is -2.37. The zero-order valence-corrected chi connectivity index (χ0v) is 12.8. The Kier molecular flexibility index (Phi) is 8.11. The topological polar surface area (TPSA) is 61.7 Å². The molecule has 2 atom stereocenters. The molecule has 0 aromatic heterocycles. The van der Waals surface area contributed by atoms with Crippen molar-refractivity contribution in [2.45, 2.75) is 32.7 Å². The Bertz CT molecular complexity index is 370. The van der Waals surface area contributed by atoms with Gasteiger partial charge in [-0.25, -0.2) is 0 Å². The highest BCUT2D eigenvalue weighted by molar-refractivity contribution is 6.30. The lowest BCUT2D eigenvalue weighted by Gasteiger charge is -2.17. The predicted molar refractivity (Wildman–Crippen MR) is 80.8 cm³/mol. The molecule has 0 saturated carbocycles. The number of aliphatic hydroxyl groups excluding tert-OH is 2. The molecule has 1 aromatic carbocycles. The predicted octanol–water partition coefficient (Wildman–Crippen LogP) is 1.82. The molecule has 1 aromatic rings. The molecule has 1 rings (SSSR count). The van der Waals surface area contributed by atoms with E-state index in [1.54, 1.807) is 0 Å². The van der Waals surface area contributed by atoms with Gasteiger partial charge >= 0.3 is 0 Å². The largest absolute Gasteiger partial charge is 0.392 e. The van der Waals surface area contributed by atoms with Crippen LogP contribution >= 0.6 is 11.6 Å². The van der Waals surface area contributed by atoms with Crippen LogP contribution in [0.25, 0.3) is 0 Å². The molecule has 5 heteroatoms. The van der Waals surface area contributed by atoms with Crippen LogP contribution in [0, 0.1) is 5.92 Å². The third-order valence-corrected chi connectivity index (χ3v) is 3.25. The van der Waals surface area contributed by atoms with Crippen molar-refractivity contribution in [1.82, 2.24) is 5.32 Å². The van der Waals surface area contributed by atoms with Crippen molar-refractivity contribution < 1.29 is 14.9 Å². The number of hydrogen-bond donors (Lipinski definition) is 3. The minimum Gasteiger partial charge on any atom is -0.392 e. The maximum Gasteiger partial charge on any atom is 0.0897 e. The normalized spacial score (nSPS) is 14.5. The summed E-state index contributed by atoms with van der Waals surface area (Å²) < 4.78 is 5.43. The molecule has 0 spiro atoms. The van der Waals surface area contributed by atoms with Crippen LogP contribution in [0.2, 0.25) is 5.02 Å². The molecule has 2 unspecified atom stereocenters.